The van der Waals surface area contributed by atoms with Crippen LogP contribution in [-0.2, 0) is 6.54 Å². The molecule has 0 saturated carbocycles. The molecule has 1 nitrogen and oxygen atoms in total. The van der Waals surface area contributed by atoms with E-state index >= 15 is 0 Å². The van der Waals surface area contributed by atoms with Crippen LogP contribution in [0.25, 0.3) is 11.1 Å². The van der Waals surface area contributed by atoms with Crippen molar-refractivity contribution in [2.24, 2.45) is 0 Å². The summed E-state index contributed by atoms with van der Waals surface area (Å²) in [5.74, 6) is -0.162. The lowest BCUT2D eigenvalue weighted by atomic mass is 9.98. The average Bonchev–Trinajstić information content (AvgIpc) is 2.39. The minimum absolute atomic E-state index is 0.162. The first-order valence-corrected chi connectivity index (χ1v) is 6.27. The summed E-state index contributed by atoms with van der Waals surface area (Å²) in [5, 5.41) is 3.29. The van der Waals surface area contributed by atoms with Crippen molar-refractivity contribution in [1.82, 2.24) is 5.32 Å². The molecule has 0 atom stereocenters. The fourth-order valence-corrected chi connectivity index (χ4v) is 2.04. The molecule has 0 heterocycles. The lowest BCUT2D eigenvalue weighted by molar-refractivity contribution is 0.630. The molecule has 0 saturated heterocycles. The SMILES string of the molecule is CCNCc1ccccc1-c1cc(C)ccc1F. The second kappa shape index (κ2) is 5.78. The highest BCUT2D eigenvalue weighted by Crippen LogP contribution is 2.27. The van der Waals surface area contributed by atoms with Crippen molar-refractivity contribution in [3.8, 4) is 11.1 Å². The highest BCUT2D eigenvalue weighted by atomic mass is 19.1. The molecular formula is C16H18FN. The summed E-state index contributed by atoms with van der Waals surface area (Å²) in [6, 6.07) is 13.2. The van der Waals surface area contributed by atoms with E-state index in [9.17, 15) is 4.39 Å². The van der Waals surface area contributed by atoms with Crippen LogP contribution in [0.15, 0.2) is 42.5 Å². The second-order valence-corrected chi connectivity index (χ2v) is 4.42. The molecule has 18 heavy (non-hydrogen) atoms. The van der Waals surface area contributed by atoms with Crippen molar-refractivity contribution >= 4 is 0 Å². The predicted molar refractivity (Wildman–Crippen MR) is 74.0 cm³/mol. The van der Waals surface area contributed by atoms with Crippen molar-refractivity contribution in [2.45, 2.75) is 20.4 Å². The Bertz CT molecular complexity index is 534. The number of rotatable bonds is 4. The minimum atomic E-state index is -0.162. The highest BCUT2D eigenvalue weighted by Gasteiger charge is 2.09. The van der Waals surface area contributed by atoms with Crippen molar-refractivity contribution in [2.75, 3.05) is 6.54 Å². The molecule has 1 N–H and O–H groups in total. The van der Waals surface area contributed by atoms with Crippen molar-refractivity contribution in [1.29, 1.82) is 0 Å². The fourth-order valence-electron chi connectivity index (χ4n) is 2.04. The zero-order valence-electron chi connectivity index (χ0n) is 10.8. The van der Waals surface area contributed by atoms with E-state index in [-0.39, 0.29) is 5.82 Å². The molecule has 0 radical (unpaired) electrons. The van der Waals surface area contributed by atoms with Crippen molar-refractivity contribution in [3.05, 3.63) is 59.4 Å². The Labute approximate surface area is 108 Å². The van der Waals surface area contributed by atoms with Crippen LogP contribution >= 0.6 is 0 Å². The summed E-state index contributed by atoms with van der Waals surface area (Å²) >= 11 is 0. The molecule has 0 bridgehead atoms. The number of halogens is 1. The maximum atomic E-state index is 13.9. The largest absolute Gasteiger partial charge is 0.313 e. The molecule has 2 aromatic carbocycles. The van der Waals surface area contributed by atoms with Gasteiger partial charge in [-0.2, -0.15) is 0 Å². The summed E-state index contributed by atoms with van der Waals surface area (Å²) in [4.78, 5) is 0. The van der Waals surface area contributed by atoms with Gasteiger partial charge in [0.25, 0.3) is 0 Å². The molecule has 2 aromatic rings. The minimum Gasteiger partial charge on any atom is -0.313 e. The predicted octanol–water partition coefficient (Wildman–Crippen LogP) is 3.91. The van der Waals surface area contributed by atoms with Crippen molar-refractivity contribution < 1.29 is 4.39 Å². The summed E-state index contributed by atoms with van der Waals surface area (Å²) in [5.41, 5.74) is 3.86. The van der Waals surface area contributed by atoms with E-state index in [0.717, 1.165) is 29.8 Å². The van der Waals surface area contributed by atoms with Gasteiger partial charge >= 0.3 is 0 Å². The van der Waals surface area contributed by atoms with E-state index in [4.69, 9.17) is 0 Å². The molecule has 0 aliphatic rings. The second-order valence-electron chi connectivity index (χ2n) is 4.42. The zero-order chi connectivity index (χ0) is 13.0. The first-order valence-electron chi connectivity index (χ1n) is 6.27. The zero-order valence-corrected chi connectivity index (χ0v) is 10.8. The molecule has 0 fully saturated rings. The molecule has 0 unspecified atom stereocenters. The van der Waals surface area contributed by atoms with Crippen LogP contribution in [0.3, 0.4) is 0 Å². The first-order chi connectivity index (χ1) is 8.72. The van der Waals surface area contributed by atoms with Gasteiger partial charge in [0, 0.05) is 12.1 Å². The quantitative estimate of drug-likeness (QED) is 0.858. The first kappa shape index (κ1) is 12.8. The Balaban J connectivity index is 2.46. The van der Waals surface area contributed by atoms with Gasteiger partial charge in [-0.3, -0.25) is 0 Å². The molecular weight excluding hydrogens is 225 g/mol. The third kappa shape index (κ3) is 2.77. The monoisotopic (exact) mass is 243 g/mol. The van der Waals surface area contributed by atoms with Crippen LogP contribution in [0.2, 0.25) is 0 Å². The summed E-state index contributed by atoms with van der Waals surface area (Å²) < 4.78 is 13.9. The van der Waals surface area contributed by atoms with E-state index in [0.29, 0.717) is 5.56 Å². The third-order valence-electron chi connectivity index (χ3n) is 2.99. The van der Waals surface area contributed by atoms with Gasteiger partial charge < -0.3 is 5.32 Å². The van der Waals surface area contributed by atoms with E-state index in [1.54, 1.807) is 6.07 Å². The van der Waals surface area contributed by atoms with Crippen LogP contribution in [0.4, 0.5) is 4.39 Å². The normalized spacial score (nSPS) is 10.6. The Morgan fingerprint density at radius 1 is 1.06 bits per heavy atom. The van der Waals surface area contributed by atoms with Gasteiger partial charge in [-0.1, -0.05) is 42.8 Å². The number of hydrogen-bond acceptors (Lipinski definition) is 1. The summed E-state index contributed by atoms with van der Waals surface area (Å²) in [7, 11) is 0. The van der Waals surface area contributed by atoms with E-state index < -0.39 is 0 Å². The maximum Gasteiger partial charge on any atom is 0.131 e. The lowest BCUT2D eigenvalue weighted by Crippen LogP contribution is -2.12. The Morgan fingerprint density at radius 2 is 1.83 bits per heavy atom. The Hall–Kier alpha value is -1.67. The smallest absolute Gasteiger partial charge is 0.131 e. The topological polar surface area (TPSA) is 12.0 Å². The molecule has 0 amide bonds. The fraction of sp³-hybridized carbons (Fsp3) is 0.250. The molecule has 2 heteroatoms. The molecule has 0 aromatic heterocycles. The number of aryl methyl sites for hydroxylation is 1. The molecule has 0 aliphatic carbocycles. The van der Waals surface area contributed by atoms with Crippen LogP contribution in [0.1, 0.15) is 18.1 Å². The molecule has 0 aliphatic heterocycles. The van der Waals surface area contributed by atoms with Gasteiger partial charge in [0.1, 0.15) is 5.82 Å². The lowest BCUT2D eigenvalue weighted by Gasteiger charge is -2.11. The molecule has 94 valence electrons. The Kier molecular flexibility index (Phi) is 4.11. The van der Waals surface area contributed by atoms with Crippen LogP contribution in [0, 0.1) is 12.7 Å². The van der Waals surface area contributed by atoms with Gasteiger partial charge in [0.15, 0.2) is 0 Å². The standard InChI is InChI=1S/C16H18FN/c1-3-18-11-13-6-4-5-7-14(13)15-10-12(2)8-9-16(15)17/h4-10,18H,3,11H2,1-2H3. The third-order valence-corrected chi connectivity index (χ3v) is 2.99. The van der Waals surface area contributed by atoms with Crippen molar-refractivity contribution in [3.63, 3.8) is 0 Å². The number of benzene rings is 2. The summed E-state index contributed by atoms with van der Waals surface area (Å²) in [6.07, 6.45) is 0. The maximum absolute atomic E-state index is 13.9. The van der Waals surface area contributed by atoms with Gasteiger partial charge in [-0.05, 0) is 36.7 Å². The number of nitrogens with one attached hydrogen (secondary N) is 1. The van der Waals surface area contributed by atoms with Gasteiger partial charge in [-0.25, -0.2) is 4.39 Å². The van der Waals surface area contributed by atoms with Crippen LogP contribution < -0.4 is 5.32 Å². The van der Waals surface area contributed by atoms with E-state index in [1.165, 1.54) is 6.07 Å². The van der Waals surface area contributed by atoms with Gasteiger partial charge in [-0.15, -0.1) is 0 Å². The number of hydrogen-bond donors (Lipinski definition) is 1. The van der Waals surface area contributed by atoms with Crippen LogP contribution in [0.5, 0.6) is 0 Å². The van der Waals surface area contributed by atoms with E-state index in [2.05, 4.69) is 12.2 Å². The average molecular weight is 243 g/mol. The van der Waals surface area contributed by atoms with Crippen LogP contribution in [-0.4, -0.2) is 6.54 Å². The van der Waals surface area contributed by atoms with Gasteiger partial charge in [0.05, 0.1) is 0 Å². The van der Waals surface area contributed by atoms with E-state index in [1.807, 2.05) is 37.3 Å². The molecule has 2 rings (SSSR count). The molecule has 0 spiro atoms. The Morgan fingerprint density at radius 3 is 2.61 bits per heavy atom. The van der Waals surface area contributed by atoms with Gasteiger partial charge in [0.2, 0.25) is 0 Å². The highest BCUT2D eigenvalue weighted by molar-refractivity contribution is 5.68. The summed E-state index contributed by atoms with van der Waals surface area (Å²) in [6.45, 7) is 5.72.